The maximum Gasteiger partial charge on any atom is 0.244 e. The van der Waals surface area contributed by atoms with Crippen LogP contribution < -0.4 is 10.0 Å². The van der Waals surface area contributed by atoms with Gasteiger partial charge in [0.2, 0.25) is 15.9 Å². The summed E-state index contributed by atoms with van der Waals surface area (Å²) in [5, 5.41) is 3.65. The van der Waals surface area contributed by atoms with Crippen LogP contribution in [0.2, 0.25) is 0 Å². The largest absolute Gasteiger partial charge is 0.346 e. The maximum absolute atomic E-state index is 11.9. The second kappa shape index (κ2) is 7.67. The first-order valence-corrected chi connectivity index (χ1v) is 10.5. The predicted molar refractivity (Wildman–Crippen MR) is 105 cm³/mol. The molecular formula is C18H17N3O3S2. The fourth-order valence-electron chi connectivity index (χ4n) is 2.27. The minimum atomic E-state index is -3.30. The van der Waals surface area contributed by atoms with Crippen LogP contribution in [0.25, 0.3) is 16.3 Å². The Morgan fingerprint density at radius 3 is 2.58 bits per heavy atom. The highest BCUT2D eigenvalue weighted by Crippen LogP contribution is 2.21. The third-order valence-electron chi connectivity index (χ3n) is 3.39. The van der Waals surface area contributed by atoms with Gasteiger partial charge in [-0.05, 0) is 35.9 Å². The van der Waals surface area contributed by atoms with Crippen molar-refractivity contribution in [3.05, 3.63) is 65.2 Å². The van der Waals surface area contributed by atoms with Gasteiger partial charge in [-0.25, -0.2) is 13.4 Å². The zero-order chi connectivity index (χ0) is 18.6. The molecule has 0 saturated heterocycles. The van der Waals surface area contributed by atoms with Gasteiger partial charge >= 0.3 is 0 Å². The molecule has 3 rings (SSSR count). The van der Waals surface area contributed by atoms with E-state index in [4.69, 9.17) is 0 Å². The Kier molecular flexibility index (Phi) is 5.34. The Balaban J connectivity index is 1.55. The molecule has 0 atom stereocenters. The highest BCUT2D eigenvalue weighted by Gasteiger charge is 2.04. The van der Waals surface area contributed by atoms with E-state index in [0.717, 1.165) is 27.0 Å². The van der Waals surface area contributed by atoms with Gasteiger partial charge in [0.25, 0.3) is 0 Å². The summed E-state index contributed by atoms with van der Waals surface area (Å²) in [4.78, 5) is 16.4. The number of rotatable bonds is 6. The van der Waals surface area contributed by atoms with Crippen LogP contribution in [-0.4, -0.2) is 25.6 Å². The number of fused-ring (bicyclic) bond motifs is 1. The molecule has 0 spiro atoms. The summed E-state index contributed by atoms with van der Waals surface area (Å²) >= 11 is 1.55. The van der Waals surface area contributed by atoms with Crippen LogP contribution in [0.4, 0.5) is 5.69 Å². The number of para-hydroxylation sites is 1. The van der Waals surface area contributed by atoms with Gasteiger partial charge in [-0.2, -0.15) is 0 Å². The lowest BCUT2D eigenvalue weighted by Crippen LogP contribution is -2.20. The normalized spacial score (nSPS) is 11.7. The molecule has 2 N–H and O–H groups in total. The monoisotopic (exact) mass is 387 g/mol. The standard InChI is InChI=1S/C18H17N3O3S2/c1-26(23,24)21-14-9-6-13(7-10-14)8-11-17(22)19-12-18-20-15-4-2-3-5-16(15)25-18/h2-11,21H,12H2,1H3,(H,19,22)/b11-8+. The Hall–Kier alpha value is -2.71. The van der Waals surface area contributed by atoms with Crippen molar-refractivity contribution in [2.45, 2.75) is 6.54 Å². The smallest absolute Gasteiger partial charge is 0.244 e. The molecule has 26 heavy (non-hydrogen) atoms. The van der Waals surface area contributed by atoms with E-state index in [0.29, 0.717) is 12.2 Å². The molecule has 1 aromatic heterocycles. The first-order valence-electron chi connectivity index (χ1n) is 7.77. The molecule has 0 aliphatic heterocycles. The molecule has 0 saturated carbocycles. The number of anilines is 1. The van der Waals surface area contributed by atoms with Gasteiger partial charge in [-0.3, -0.25) is 9.52 Å². The van der Waals surface area contributed by atoms with Crippen molar-refractivity contribution in [1.29, 1.82) is 0 Å². The second-order valence-electron chi connectivity index (χ2n) is 5.62. The van der Waals surface area contributed by atoms with Gasteiger partial charge in [0.1, 0.15) is 5.01 Å². The first-order chi connectivity index (χ1) is 12.4. The molecular weight excluding hydrogens is 370 g/mol. The van der Waals surface area contributed by atoms with Crippen LogP contribution in [0.1, 0.15) is 10.6 Å². The number of carbonyl (C=O) groups is 1. The molecule has 1 heterocycles. The van der Waals surface area contributed by atoms with Crippen LogP contribution in [0.15, 0.2) is 54.6 Å². The predicted octanol–water partition coefficient (Wildman–Crippen LogP) is 3.00. The van der Waals surface area contributed by atoms with Crippen LogP contribution >= 0.6 is 11.3 Å². The molecule has 0 fully saturated rings. The van der Waals surface area contributed by atoms with Crippen molar-refractivity contribution >= 4 is 49.2 Å². The van der Waals surface area contributed by atoms with Gasteiger partial charge in [0, 0.05) is 11.8 Å². The third kappa shape index (κ3) is 5.14. The highest BCUT2D eigenvalue weighted by molar-refractivity contribution is 7.92. The number of hydrogen-bond donors (Lipinski definition) is 2. The summed E-state index contributed by atoms with van der Waals surface area (Å²) in [6.45, 7) is 0.375. The Labute approximate surface area is 155 Å². The molecule has 134 valence electrons. The van der Waals surface area contributed by atoms with E-state index in [1.807, 2.05) is 24.3 Å². The van der Waals surface area contributed by atoms with Crippen molar-refractivity contribution in [2.75, 3.05) is 11.0 Å². The number of carbonyl (C=O) groups excluding carboxylic acids is 1. The van der Waals surface area contributed by atoms with E-state index in [9.17, 15) is 13.2 Å². The third-order valence-corrected chi connectivity index (χ3v) is 5.04. The van der Waals surface area contributed by atoms with Crippen molar-refractivity contribution in [3.63, 3.8) is 0 Å². The minimum Gasteiger partial charge on any atom is -0.346 e. The summed E-state index contributed by atoms with van der Waals surface area (Å²) in [5.74, 6) is -0.220. The van der Waals surface area contributed by atoms with Crippen LogP contribution in [0.5, 0.6) is 0 Å². The SMILES string of the molecule is CS(=O)(=O)Nc1ccc(/C=C/C(=O)NCc2nc3ccccc3s2)cc1. The molecule has 0 radical (unpaired) electrons. The summed E-state index contributed by atoms with van der Waals surface area (Å²) in [7, 11) is -3.30. The quantitative estimate of drug-likeness (QED) is 0.637. The van der Waals surface area contributed by atoms with E-state index in [1.165, 1.54) is 6.08 Å². The second-order valence-corrected chi connectivity index (χ2v) is 8.49. The summed E-state index contributed by atoms with van der Waals surface area (Å²) in [5.41, 5.74) is 2.20. The van der Waals surface area contributed by atoms with Gasteiger partial charge in [-0.1, -0.05) is 24.3 Å². The number of sulfonamides is 1. The summed E-state index contributed by atoms with van der Waals surface area (Å²) in [6.07, 6.45) is 4.20. The van der Waals surface area contributed by atoms with E-state index in [1.54, 1.807) is 41.7 Å². The highest BCUT2D eigenvalue weighted by atomic mass is 32.2. The fourth-order valence-corrected chi connectivity index (χ4v) is 3.74. The number of benzene rings is 2. The number of thiazole rings is 1. The molecule has 1 amide bonds. The average molecular weight is 387 g/mol. The molecule has 8 heteroatoms. The first kappa shape index (κ1) is 18.1. The maximum atomic E-state index is 11.9. The minimum absolute atomic E-state index is 0.220. The van der Waals surface area contributed by atoms with Crippen LogP contribution in [0.3, 0.4) is 0 Å². The molecule has 2 aromatic carbocycles. The molecule has 0 aliphatic rings. The van der Waals surface area contributed by atoms with Crippen molar-refractivity contribution < 1.29 is 13.2 Å². The lowest BCUT2D eigenvalue weighted by atomic mass is 10.2. The van der Waals surface area contributed by atoms with E-state index in [2.05, 4.69) is 15.0 Å². The van der Waals surface area contributed by atoms with Crippen LogP contribution in [0, 0.1) is 0 Å². The Morgan fingerprint density at radius 1 is 1.15 bits per heavy atom. The van der Waals surface area contributed by atoms with Gasteiger partial charge in [0.15, 0.2) is 0 Å². The number of nitrogens with one attached hydrogen (secondary N) is 2. The topological polar surface area (TPSA) is 88.2 Å². The van der Waals surface area contributed by atoms with Crippen molar-refractivity contribution in [2.24, 2.45) is 0 Å². The van der Waals surface area contributed by atoms with Gasteiger partial charge in [-0.15, -0.1) is 11.3 Å². The summed E-state index contributed by atoms with van der Waals surface area (Å²) in [6, 6.07) is 14.6. The number of amides is 1. The Bertz CT molecular complexity index is 1020. The van der Waals surface area contributed by atoms with E-state index < -0.39 is 10.0 Å². The lowest BCUT2D eigenvalue weighted by Gasteiger charge is -2.03. The molecule has 6 nitrogen and oxygen atoms in total. The zero-order valence-corrected chi connectivity index (χ0v) is 15.6. The number of hydrogen-bond acceptors (Lipinski definition) is 5. The Morgan fingerprint density at radius 2 is 1.88 bits per heavy atom. The fraction of sp³-hybridized carbons (Fsp3) is 0.111. The van der Waals surface area contributed by atoms with Crippen molar-refractivity contribution in [3.8, 4) is 0 Å². The summed E-state index contributed by atoms with van der Waals surface area (Å²) < 4.78 is 25.8. The number of aromatic nitrogens is 1. The van der Waals surface area contributed by atoms with E-state index in [-0.39, 0.29) is 5.91 Å². The molecule has 3 aromatic rings. The zero-order valence-electron chi connectivity index (χ0n) is 14.0. The van der Waals surface area contributed by atoms with Gasteiger partial charge in [0.05, 0.1) is 23.0 Å². The number of nitrogens with zero attached hydrogens (tertiary/aromatic N) is 1. The average Bonchev–Trinajstić information content (AvgIpc) is 3.01. The van der Waals surface area contributed by atoms with E-state index >= 15 is 0 Å². The van der Waals surface area contributed by atoms with Gasteiger partial charge < -0.3 is 5.32 Å². The van der Waals surface area contributed by atoms with Crippen molar-refractivity contribution in [1.82, 2.24) is 10.3 Å². The molecule has 0 aliphatic carbocycles. The van der Waals surface area contributed by atoms with Crippen LogP contribution in [-0.2, 0) is 21.4 Å². The lowest BCUT2D eigenvalue weighted by molar-refractivity contribution is -0.116. The molecule has 0 unspecified atom stereocenters. The molecule has 0 bridgehead atoms.